The summed E-state index contributed by atoms with van der Waals surface area (Å²) in [6.45, 7) is 0. The van der Waals surface area contributed by atoms with Gasteiger partial charge in [0.05, 0.1) is 22.5 Å². The number of amides is 1. The molecule has 122 valence electrons. The van der Waals surface area contributed by atoms with Gasteiger partial charge in [-0.3, -0.25) is 9.78 Å². The van der Waals surface area contributed by atoms with Gasteiger partial charge in [0.1, 0.15) is 0 Å². The van der Waals surface area contributed by atoms with Gasteiger partial charge in [0, 0.05) is 16.5 Å². The Morgan fingerprint density at radius 2 is 1.92 bits per heavy atom. The number of aromatic nitrogens is 1. The second-order valence-electron chi connectivity index (χ2n) is 5.65. The lowest BCUT2D eigenvalue weighted by molar-refractivity contribution is 0.102. The summed E-state index contributed by atoms with van der Waals surface area (Å²) in [4.78, 5) is 18.1. The summed E-state index contributed by atoms with van der Waals surface area (Å²) in [7, 11) is 0. The summed E-state index contributed by atoms with van der Waals surface area (Å²) in [5, 5.41) is 5.84. The molecular weight excluding hydrogens is 330 g/mol. The van der Waals surface area contributed by atoms with Crippen LogP contribution in [0.4, 0.5) is 11.4 Å². The number of hydrogen-bond acceptors (Lipinski definition) is 4. The van der Waals surface area contributed by atoms with E-state index in [1.807, 2.05) is 66.0 Å². The number of nitrogens with one attached hydrogen (secondary N) is 1. The number of hydrogen-bond donors (Lipinski definition) is 2. The molecule has 0 unspecified atom stereocenters. The van der Waals surface area contributed by atoms with Gasteiger partial charge in [0.25, 0.3) is 5.91 Å². The molecule has 2 aromatic heterocycles. The van der Waals surface area contributed by atoms with Gasteiger partial charge >= 0.3 is 0 Å². The lowest BCUT2D eigenvalue weighted by Crippen LogP contribution is -2.13. The molecule has 0 aliphatic rings. The maximum Gasteiger partial charge on any atom is 0.257 e. The Morgan fingerprint density at radius 1 is 1.04 bits per heavy atom. The highest BCUT2D eigenvalue weighted by Gasteiger charge is 2.11. The molecule has 3 N–H and O–H groups in total. The molecule has 4 aromatic rings. The van der Waals surface area contributed by atoms with Gasteiger partial charge in [0.15, 0.2) is 0 Å². The van der Waals surface area contributed by atoms with Crippen LogP contribution < -0.4 is 11.1 Å². The molecule has 0 fully saturated rings. The lowest BCUT2D eigenvalue weighted by Gasteiger charge is -2.10. The van der Waals surface area contributed by atoms with Crippen molar-refractivity contribution in [3.8, 4) is 10.4 Å². The molecule has 5 heteroatoms. The first-order chi connectivity index (χ1) is 12.2. The molecular formula is C20H15N3OS. The fourth-order valence-electron chi connectivity index (χ4n) is 2.65. The van der Waals surface area contributed by atoms with Crippen LogP contribution in [-0.4, -0.2) is 10.9 Å². The third kappa shape index (κ3) is 3.09. The molecule has 0 spiro atoms. The summed E-state index contributed by atoms with van der Waals surface area (Å²) in [6, 6.07) is 19.2. The van der Waals surface area contributed by atoms with Crippen molar-refractivity contribution in [1.29, 1.82) is 0 Å². The number of nitrogens with two attached hydrogens (primary N) is 1. The van der Waals surface area contributed by atoms with Crippen LogP contribution in [0.3, 0.4) is 0 Å². The lowest BCUT2D eigenvalue weighted by atomic mass is 10.1. The predicted octanol–water partition coefficient (Wildman–Crippen LogP) is 4.80. The van der Waals surface area contributed by atoms with E-state index < -0.39 is 0 Å². The third-order valence-electron chi connectivity index (χ3n) is 3.96. The number of carbonyl (C=O) groups is 1. The van der Waals surface area contributed by atoms with Gasteiger partial charge in [-0.1, -0.05) is 30.3 Å². The van der Waals surface area contributed by atoms with Gasteiger partial charge in [-0.05, 0) is 41.3 Å². The zero-order valence-corrected chi connectivity index (χ0v) is 14.1. The van der Waals surface area contributed by atoms with Crippen LogP contribution in [0.2, 0.25) is 0 Å². The SMILES string of the molecule is Nc1ccc(-c2cccs2)cc1NC(=O)c1cnc2ccccc2c1. The topological polar surface area (TPSA) is 68.0 Å². The summed E-state index contributed by atoms with van der Waals surface area (Å²) in [5.74, 6) is -0.228. The Kier molecular flexibility index (Phi) is 3.91. The zero-order chi connectivity index (χ0) is 17.2. The van der Waals surface area contributed by atoms with Crippen LogP contribution in [0.25, 0.3) is 21.3 Å². The molecule has 0 saturated heterocycles. The van der Waals surface area contributed by atoms with Crippen LogP contribution in [-0.2, 0) is 0 Å². The van der Waals surface area contributed by atoms with Crippen molar-refractivity contribution < 1.29 is 4.79 Å². The monoisotopic (exact) mass is 345 g/mol. The smallest absolute Gasteiger partial charge is 0.257 e. The average Bonchev–Trinajstić information content (AvgIpc) is 3.18. The number of nitrogens with zero attached hydrogens (tertiary/aromatic N) is 1. The fourth-order valence-corrected chi connectivity index (χ4v) is 3.37. The van der Waals surface area contributed by atoms with Crippen molar-refractivity contribution in [3.63, 3.8) is 0 Å². The van der Waals surface area contributed by atoms with E-state index in [1.54, 1.807) is 17.5 Å². The minimum Gasteiger partial charge on any atom is -0.397 e. The number of thiophene rings is 1. The molecule has 0 aliphatic carbocycles. The van der Waals surface area contributed by atoms with Gasteiger partial charge in [0.2, 0.25) is 0 Å². The number of para-hydroxylation sites is 1. The van der Waals surface area contributed by atoms with Crippen molar-refractivity contribution >= 4 is 39.5 Å². The molecule has 2 aromatic carbocycles. The average molecular weight is 345 g/mol. The molecule has 0 bridgehead atoms. The molecule has 25 heavy (non-hydrogen) atoms. The summed E-state index contributed by atoms with van der Waals surface area (Å²) in [6.07, 6.45) is 1.58. The number of pyridine rings is 1. The van der Waals surface area contributed by atoms with E-state index in [0.717, 1.165) is 21.3 Å². The highest BCUT2D eigenvalue weighted by Crippen LogP contribution is 2.30. The largest absolute Gasteiger partial charge is 0.397 e. The maximum atomic E-state index is 12.6. The Bertz CT molecular complexity index is 1060. The van der Waals surface area contributed by atoms with Crippen LogP contribution in [0.15, 0.2) is 72.2 Å². The van der Waals surface area contributed by atoms with Crippen LogP contribution in [0.1, 0.15) is 10.4 Å². The quantitative estimate of drug-likeness (QED) is 0.524. The Labute approximate surface area is 149 Å². The maximum absolute atomic E-state index is 12.6. The first kappa shape index (κ1) is 15.4. The van der Waals surface area contributed by atoms with Crippen molar-refractivity contribution in [2.75, 3.05) is 11.1 Å². The van der Waals surface area contributed by atoms with Crippen molar-refractivity contribution in [3.05, 3.63) is 77.8 Å². The summed E-state index contributed by atoms with van der Waals surface area (Å²) >= 11 is 1.64. The predicted molar refractivity (Wildman–Crippen MR) is 104 cm³/mol. The Balaban J connectivity index is 1.64. The van der Waals surface area contributed by atoms with Gasteiger partial charge in [-0.15, -0.1) is 11.3 Å². The second kappa shape index (κ2) is 6.37. The van der Waals surface area contributed by atoms with Crippen molar-refractivity contribution in [2.24, 2.45) is 0 Å². The van der Waals surface area contributed by atoms with Gasteiger partial charge < -0.3 is 11.1 Å². The Morgan fingerprint density at radius 3 is 2.76 bits per heavy atom. The van der Waals surface area contributed by atoms with Crippen molar-refractivity contribution in [1.82, 2.24) is 4.98 Å². The number of rotatable bonds is 3. The highest BCUT2D eigenvalue weighted by molar-refractivity contribution is 7.13. The minimum absolute atomic E-state index is 0.228. The van der Waals surface area contributed by atoms with Gasteiger partial charge in [-0.25, -0.2) is 0 Å². The molecule has 0 aliphatic heterocycles. The molecule has 4 rings (SSSR count). The molecule has 0 radical (unpaired) electrons. The summed E-state index contributed by atoms with van der Waals surface area (Å²) < 4.78 is 0. The molecule has 4 nitrogen and oxygen atoms in total. The van der Waals surface area contributed by atoms with E-state index in [4.69, 9.17) is 5.73 Å². The van der Waals surface area contributed by atoms with E-state index in [2.05, 4.69) is 10.3 Å². The fraction of sp³-hybridized carbons (Fsp3) is 0. The van der Waals surface area contributed by atoms with Gasteiger partial charge in [-0.2, -0.15) is 0 Å². The normalized spacial score (nSPS) is 10.7. The first-order valence-corrected chi connectivity index (χ1v) is 8.68. The van der Waals surface area contributed by atoms with E-state index in [9.17, 15) is 4.79 Å². The van der Waals surface area contributed by atoms with Crippen LogP contribution in [0, 0.1) is 0 Å². The number of benzene rings is 2. The standard InChI is InChI=1S/C20H15N3OS/c21-16-8-7-14(19-6-3-9-25-19)11-18(16)23-20(24)15-10-13-4-1-2-5-17(13)22-12-15/h1-12H,21H2,(H,23,24). The minimum atomic E-state index is -0.228. The number of anilines is 2. The number of nitrogen functional groups attached to an aromatic ring is 1. The number of carbonyl (C=O) groups excluding carboxylic acids is 1. The van der Waals surface area contributed by atoms with Crippen LogP contribution >= 0.6 is 11.3 Å². The molecule has 0 saturated carbocycles. The highest BCUT2D eigenvalue weighted by atomic mass is 32.1. The zero-order valence-electron chi connectivity index (χ0n) is 13.3. The number of fused-ring (bicyclic) bond motifs is 1. The van der Waals surface area contributed by atoms with E-state index >= 15 is 0 Å². The molecule has 0 atom stereocenters. The Hall–Kier alpha value is -3.18. The van der Waals surface area contributed by atoms with E-state index in [0.29, 0.717) is 16.9 Å². The van der Waals surface area contributed by atoms with Crippen LogP contribution in [0.5, 0.6) is 0 Å². The van der Waals surface area contributed by atoms with E-state index in [1.165, 1.54) is 0 Å². The van der Waals surface area contributed by atoms with Crippen molar-refractivity contribution in [2.45, 2.75) is 0 Å². The first-order valence-electron chi connectivity index (χ1n) is 7.80. The molecule has 1 amide bonds. The van der Waals surface area contributed by atoms with E-state index in [-0.39, 0.29) is 5.91 Å². The summed E-state index contributed by atoms with van der Waals surface area (Å²) in [5.41, 5.74) is 9.55. The third-order valence-corrected chi connectivity index (χ3v) is 4.88. The second-order valence-corrected chi connectivity index (χ2v) is 6.60. The molecule has 2 heterocycles.